The van der Waals surface area contributed by atoms with Gasteiger partial charge in [0.15, 0.2) is 0 Å². The Kier molecular flexibility index (Phi) is 4.77. The summed E-state index contributed by atoms with van der Waals surface area (Å²) in [6.07, 6.45) is 0. The summed E-state index contributed by atoms with van der Waals surface area (Å²) in [7, 11) is 2.15. The molecule has 0 radical (unpaired) electrons. The molecular weight excluding hydrogens is 472 g/mol. The van der Waals surface area contributed by atoms with E-state index in [2.05, 4.69) is 156 Å². The van der Waals surface area contributed by atoms with Crippen molar-refractivity contribution in [1.82, 2.24) is 9.13 Å². The Hall–Kier alpha value is -5.08. The molecule has 184 valence electrons. The quantitative estimate of drug-likeness (QED) is 0.229. The Balaban J connectivity index is 1.33. The summed E-state index contributed by atoms with van der Waals surface area (Å²) in [4.78, 5) is 0. The summed E-state index contributed by atoms with van der Waals surface area (Å²) >= 11 is 0. The van der Waals surface area contributed by atoms with Crippen LogP contribution in [0.5, 0.6) is 0 Å². The fourth-order valence-electron chi connectivity index (χ4n) is 6.23. The molecule has 0 aliphatic rings. The normalized spacial score (nSPS) is 11.7. The van der Waals surface area contributed by atoms with E-state index in [9.17, 15) is 0 Å². The van der Waals surface area contributed by atoms with Crippen molar-refractivity contribution >= 4 is 43.6 Å². The molecule has 0 aliphatic carbocycles. The zero-order chi connectivity index (χ0) is 25.9. The minimum Gasteiger partial charge on any atom is -0.344 e. The van der Waals surface area contributed by atoms with Crippen LogP contribution < -0.4 is 0 Å². The van der Waals surface area contributed by atoms with Gasteiger partial charge >= 0.3 is 0 Å². The Bertz CT molecular complexity index is 2180. The molecule has 0 N–H and O–H groups in total. The lowest BCUT2D eigenvalue weighted by atomic mass is 10.0. The van der Waals surface area contributed by atoms with Gasteiger partial charge in [0.2, 0.25) is 0 Å². The first-order chi connectivity index (χ1) is 19.3. The van der Waals surface area contributed by atoms with E-state index in [1.807, 2.05) is 0 Å². The smallest absolute Gasteiger partial charge is 0.0541 e. The van der Waals surface area contributed by atoms with Crippen LogP contribution in [0.1, 0.15) is 0 Å². The number of hydrogen-bond acceptors (Lipinski definition) is 0. The molecule has 0 saturated carbocycles. The molecule has 8 aromatic rings. The van der Waals surface area contributed by atoms with Gasteiger partial charge in [0.05, 0.1) is 11.0 Å². The Morgan fingerprint density at radius 1 is 0.359 bits per heavy atom. The number of nitrogens with zero attached hydrogens (tertiary/aromatic N) is 2. The summed E-state index contributed by atoms with van der Waals surface area (Å²) in [6.45, 7) is 0. The van der Waals surface area contributed by atoms with E-state index in [4.69, 9.17) is 0 Å². The van der Waals surface area contributed by atoms with E-state index < -0.39 is 0 Å². The largest absolute Gasteiger partial charge is 0.344 e. The van der Waals surface area contributed by atoms with Gasteiger partial charge in [-0.15, -0.1) is 0 Å². The van der Waals surface area contributed by atoms with Gasteiger partial charge in [0, 0.05) is 45.3 Å². The number of rotatable bonds is 3. The van der Waals surface area contributed by atoms with Crippen LogP contribution in [0.2, 0.25) is 0 Å². The Morgan fingerprint density at radius 3 is 1.64 bits per heavy atom. The topological polar surface area (TPSA) is 9.86 Å². The van der Waals surface area contributed by atoms with E-state index in [0.29, 0.717) is 0 Å². The van der Waals surface area contributed by atoms with E-state index >= 15 is 0 Å². The number of fused-ring (bicyclic) bond motifs is 6. The summed E-state index contributed by atoms with van der Waals surface area (Å²) in [6, 6.07) is 50.6. The summed E-state index contributed by atoms with van der Waals surface area (Å²) in [5.74, 6) is 0. The van der Waals surface area contributed by atoms with Crippen LogP contribution in [0.15, 0.2) is 140 Å². The molecule has 2 heterocycles. The average Bonchev–Trinajstić information content (AvgIpc) is 3.49. The second kappa shape index (κ2) is 8.47. The molecule has 2 heteroatoms. The lowest BCUT2D eigenvalue weighted by Crippen LogP contribution is -1.94. The van der Waals surface area contributed by atoms with Crippen LogP contribution >= 0.6 is 0 Å². The van der Waals surface area contributed by atoms with Crippen LogP contribution in [0.25, 0.3) is 71.6 Å². The lowest BCUT2D eigenvalue weighted by Gasteiger charge is -2.11. The van der Waals surface area contributed by atoms with Gasteiger partial charge in [-0.3, -0.25) is 0 Å². The van der Waals surface area contributed by atoms with E-state index in [0.717, 1.165) is 0 Å². The van der Waals surface area contributed by atoms with Crippen molar-refractivity contribution in [3.63, 3.8) is 0 Å². The van der Waals surface area contributed by atoms with Crippen LogP contribution in [-0.2, 0) is 7.05 Å². The molecule has 0 atom stereocenters. The van der Waals surface area contributed by atoms with Crippen molar-refractivity contribution in [2.24, 2.45) is 7.05 Å². The minimum atomic E-state index is 1.17. The second-order valence-corrected chi connectivity index (χ2v) is 10.3. The number of hydrogen-bond donors (Lipinski definition) is 0. The van der Waals surface area contributed by atoms with Gasteiger partial charge in [-0.1, -0.05) is 91.0 Å². The zero-order valence-corrected chi connectivity index (χ0v) is 21.7. The molecule has 0 bridgehead atoms. The number of benzene rings is 6. The third-order valence-corrected chi connectivity index (χ3v) is 8.13. The van der Waals surface area contributed by atoms with Crippen LogP contribution in [0, 0.1) is 0 Å². The Labute approximate surface area is 227 Å². The zero-order valence-electron chi connectivity index (χ0n) is 21.7. The van der Waals surface area contributed by atoms with E-state index in [1.54, 1.807) is 0 Å². The molecular formula is C37H26N2. The van der Waals surface area contributed by atoms with Gasteiger partial charge in [0.1, 0.15) is 0 Å². The predicted octanol–water partition coefficient (Wildman–Crippen LogP) is 9.76. The maximum atomic E-state index is 2.40. The standard InChI is InChI=1S/C37H26N2/c1-38-34-16-7-5-14-30(34)32-23-27(18-20-35(32)38)28-19-21-37-33(24-28)31-15-6-8-17-36(31)39(37)29-13-9-12-26(22-29)25-10-3-2-4-11-25/h2-24H,1H3. The van der Waals surface area contributed by atoms with Crippen molar-refractivity contribution in [3.05, 3.63) is 140 Å². The molecule has 2 aromatic heterocycles. The van der Waals surface area contributed by atoms with Gasteiger partial charge in [-0.05, 0) is 70.8 Å². The third kappa shape index (κ3) is 3.35. The van der Waals surface area contributed by atoms with Gasteiger partial charge in [0.25, 0.3) is 0 Å². The highest BCUT2D eigenvalue weighted by Gasteiger charge is 2.15. The molecule has 0 spiro atoms. The minimum absolute atomic E-state index is 1.17. The third-order valence-electron chi connectivity index (χ3n) is 8.13. The SMILES string of the molecule is Cn1c2ccccc2c2cc(-c3ccc4c(c3)c3ccccc3n4-c3cccc(-c4ccccc4)c3)ccc21. The van der Waals surface area contributed by atoms with Crippen molar-refractivity contribution < 1.29 is 0 Å². The summed E-state index contributed by atoms with van der Waals surface area (Å²) in [5, 5.41) is 5.13. The molecule has 0 unspecified atom stereocenters. The number of aryl methyl sites for hydroxylation is 1. The van der Waals surface area contributed by atoms with Crippen molar-refractivity contribution in [2.45, 2.75) is 0 Å². The molecule has 8 rings (SSSR count). The number of para-hydroxylation sites is 2. The van der Waals surface area contributed by atoms with Crippen LogP contribution in [0.4, 0.5) is 0 Å². The van der Waals surface area contributed by atoms with Crippen molar-refractivity contribution in [1.29, 1.82) is 0 Å². The molecule has 39 heavy (non-hydrogen) atoms. The molecule has 0 amide bonds. The van der Waals surface area contributed by atoms with Crippen molar-refractivity contribution in [2.75, 3.05) is 0 Å². The Morgan fingerprint density at radius 2 is 0.872 bits per heavy atom. The van der Waals surface area contributed by atoms with Crippen LogP contribution in [0.3, 0.4) is 0 Å². The molecule has 2 nitrogen and oxygen atoms in total. The van der Waals surface area contributed by atoms with Crippen LogP contribution in [-0.4, -0.2) is 9.13 Å². The van der Waals surface area contributed by atoms with Gasteiger partial charge in [-0.25, -0.2) is 0 Å². The first kappa shape index (κ1) is 22.0. The van der Waals surface area contributed by atoms with E-state index in [-0.39, 0.29) is 0 Å². The maximum Gasteiger partial charge on any atom is 0.0541 e. The summed E-state index contributed by atoms with van der Waals surface area (Å²) in [5.41, 5.74) is 11.1. The highest BCUT2D eigenvalue weighted by Crippen LogP contribution is 2.37. The second-order valence-electron chi connectivity index (χ2n) is 10.3. The fraction of sp³-hybridized carbons (Fsp3) is 0.0270. The van der Waals surface area contributed by atoms with E-state index in [1.165, 1.54) is 71.6 Å². The average molecular weight is 499 g/mol. The lowest BCUT2D eigenvalue weighted by molar-refractivity contribution is 1.01. The molecule has 0 aliphatic heterocycles. The molecule has 0 fully saturated rings. The fourth-order valence-corrected chi connectivity index (χ4v) is 6.23. The van der Waals surface area contributed by atoms with Crippen molar-refractivity contribution in [3.8, 4) is 27.9 Å². The van der Waals surface area contributed by atoms with Gasteiger partial charge < -0.3 is 9.13 Å². The molecule has 6 aromatic carbocycles. The highest BCUT2D eigenvalue weighted by atomic mass is 15.0. The molecule has 0 saturated heterocycles. The first-order valence-electron chi connectivity index (χ1n) is 13.4. The van der Waals surface area contributed by atoms with Gasteiger partial charge in [-0.2, -0.15) is 0 Å². The highest BCUT2D eigenvalue weighted by molar-refractivity contribution is 6.12. The first-order valence-corrected chi connectivity index (χ1v) is 13.4. The monoisotopic (exact) mass is 498 g/mol. The predicted molar refractivity (Wildman–Crippen MR) is 166 cm³/mol. The number of aromatic nitrogens is 2. The summed E-state index contributed by atoms with van der Waals surface area (Å²) < 4.78 is 4.68. The maximum absolute atomic E-state index is 2.40.